The van der Waals surface area contributed by atoms with Gasteiger partial charge in [-0.15, -0.1) is 0 Å². The van der Waals surface area contributed by atoms with Crippen LogP contribution in [-0.4, -0.2) is 18.3 Å². The maximum atomic E-state index is 12.9. The molecule has 0 aliphatic carbocycles. The topological polar surface area (TPSA) is 29.5 Å². The minimum Gasteiger partial charge on any atom is -0.491 e. The van der Waals surface area contributed by atoms with E-state index >= 15 is 0 Å². The van der Waals surface area contributed by atoms with E-state index in [1.807, 2.05) is 6.07 Å². The molecule has 0 fully saturated rings. The van der Waals surface area contributed by atoms with Crippen molar-refractivity contribution < 1.29 is 14.2 Å². The molecule has 0 aliphatic rings. The summed E-state index contributed by atoms with van der Waals surface area (Å²) in [4.78, 5) is 0. The fourth-order valence-corrected chi connectivity index (χ4v) is 1.45. The first-order valence-corrected chi connectivity index (χ1v) is 4.72. The Hall–Kier alpha value is -1.61. The van der Waals surface area contributed by atoms with E-state index in [1.165, 1.54) is 12.1 Å². The summed E-state index contributed by atoms with van der Waals surface area (Å²) in [7, 11) is 0. The van der Waals surface area contributed by atoms with Gasteiger partial charge in [-0.25, -0.2) is 4.39 Å². The van der Waals surface area contributed by atoms with Gasteiger partial charge in [0.05, 0.1) is 6.61 Å². The Balaban J connectivity index is 2.34. The van der Waals surface area contributed by atoms with Crippen molar-refractivity contribution in [3.05, 3.63) is 42.2 Å². The third kappa shape index (κ3) is 2.25. The third-order valence-electron chi connectivity index (χ3n) is 2.13. The van der Waals surface area contributed by atoms with E-state index in [1.54, 1.807) is 18.2 Å². The van der Waals surface area contributed by atoms with Crippen molar-refractivity contribution in [3.63, 3.8) is 0 Å². The number of rotatable bonds is 3. The Morgan fingerprint density at radius 1 is 1.07 bits per heavy atom. The van der Waals surface area contributed by atoms with Crippen molar-refractivity contribution in [3.8, 4) is 5.75 Å². The van der Waals surface area contributed by atoms with Crippen molar-refractivity contribution in [2.75, 3.05) is 13.2 Å². The summed E-state index contributed by atoms with van der Waals surface area (Å²) in [6, 6.07) is 9.98. The number of halogens is 1. The molecular weight excluding hydrogens is 195 g/mol. The molecule has 15 heavy (non-hydrogen) atoms. The molecule has 0 heterocycles. The minimum atomic E-state index is -0.244. The van der Waals surface area contributed by atoms with Gasteiger partial charge in [-0.3, -0.25) is 0 Å². The molecule has 78 valence electrons. The van der Waals surface area contributed by atoms with Gasteiger partial charge in [-0.05, 0) is 35.0 Å². The van der Waals surface area contributed by atoms with Gasteiger partial charge in [-0.1, -0.05) is 12.1 Å². The quantitative estimate of drug-likeness (QED) is 0.835. The lowest BCUT2D eigenvalue weighted by Crippen LogP contribution is -2.01. The maximum absolute atomic E-state index is 12.9. The largest absolute Gasteiger partial charge is 0.491 e. The average Bonchev–Trinajstić information content (AvgIpc) is 2.26. The lowest BCUT2D eigenvalue weighted by Gasteiger charge is -2.05. The van der Waals surface area contributed by atoms with Crippen LogP contribution in [0.15, 0.2) is 36.4 Å². The summed E-state index contributed by atoms with van der Waals surface area (Å²) >= 11 is 0. The summed E-state index contributed by atoms with van der Waals surface area (Å²) in [6.07, 6.45) is 0. The van der Waals surface area contributed by atoms with Crippen LogP contribution in [0.5, 0.6) is 5.75 Å². The van der Waals surface area contributed by atoms with E-state index in [0.717, 1.165) is 10.8 Å². The van der Waals surface area contributed by atoms with Crippen LogP contribution in [0.1, 0.15) is 0 Å². The Morgan fingerprint density at radius 2 is 1.80 bits per heavy atom. The van der Waals surface area contributed by atoms with E-state index in [9.17, 15) is 4.39 Å². The van der Waals surface area contributed by atoms with Crippen LogP contribution in [0.25, 0.3) is 10.8 Å². The highest BCUT2D eigenvalue weighted by Gasteiger charge is 1.98. The van der Waals surface area contributed by atoms with Crippen LogP contribution in [0, 0.1) is 5.82 Å². The lowest BCUT2D eigenvalue weighted by atomic mass is 10.1. The molecule has 0 unspecified atom stereocenters. The Bertz CT molecular complexity index is 468. The summed E-state index contributed by atoms with van der Waals surface area (Å²) in [5.41, 5.74) is 0. The monoisotopic (exact) mass is 206 g/mol. The predicted octanol–water partition coefficient (Wildman–Crippen LogP) is 2.35. The van der Waals surface area contributed by atoms with Gasteiger partial charge in [-0.2, -0.15) is 0 Å². The van der Waals surface area contributed by atoms with Crippen LogP contribution in [0.4, 0.5) is 4.39 Å². The smallest absolute Gasteiger partial charge is 0.123 e. The Morgan fingerprint density at radius 3 is 2.60 bits per heavy atom. The maximum Gasteiger partial charge on any atom is 0.123 e. The number of benzene rings is 2. The molecule has 3 heteroatoms. The molecule has 0 bridgehead atoms. The van der Waals surface area contributed by atoms with Crippen molar-refractivity contribution in [1.29, 1.82) is 0 Å². The van der Waals surface area contributed by atoms with Crippen LogP contribution in [0.3, 0.4) is 0 Å². The molecule has 0 spiro atoms. The van der Waals surface area contributed by atoms with Crippen molar-refractivity contribution in [2.24, 2.45) is 0 Å². The standard InChI is InChI=1S/C12H11FO2/c13-11-3-1-10-8-12(15-6-5-14)4-2-9(10)7-11/h1-4,7-8,14H,5-6H2. The molecule has 2 rings (SSSR count). The first-order chi connectivity index (χ1) is 7.29. The molecule has 2 nitrogen and oxygen atoms in total. The Kier molecular flexibility index (Phi) is 2.83. The molecule has 0 amide bonds. The lowest BCUT2D eigenvalue weighted by molar-refractivity contribution is 0.201. The predicted molar refractivity (Wildman–Crippen MR) is 56.5 cm³/mol. The number of hydrogen-bond donors (Lipinski definition) is 1. The van der Waals surface area contributed by atoms with Crippen molar-refractivity contribution in [1.82, 2.24) is 0 Å². The highest BCUT2D eigenvalue weighted by Crippen LogP contribution is 2.21. The van der Waals surface area contributed by atoms with Crippen LogP contribution in [-0.2, 0) is 0 Å². The molecular formula is C12H11FO2. The second-order valence-corrected chi connectivity index (χ2v) is 3.23. The fraction of sp³-hybridized carbons (Fsp3) is 0.167. The van der Waals surface area contributed by atoms with Gasteiger partial charge in [0, 0.05) is 0 Å². The van der Waals surface area contributed by atoms with Gasteiger partial charge in [0.2, 0.25) is 0 Å². The molecule has 0 saturated carbocycles. The number of ether oxygens (including phenoxy) is 1. The SMILES string of the molecule is OCCOc1ccc2cc(F)ccc2c1. The number of aliphatic hydroxyl groups is 1. The molecule has 2 aromatic rings. The average molecular weight is 206 g/mol. The minimum absolute atomic E-state index is 0.0124. The van der Waals surface area contributed by atoms with Crippen molar-refractivity contribution in [2.45, 2.75) is 0 Å². The first kappa shape index (κ1) is 9.93. The van der Waals surface area contributed by atoms with Crippen molar-refractivity contribution >= 4 is 10.8 Å². The molecule has 0 radical (unpaired) electrons. The van der Waals surface area contributed by atoms with Gasteiger partial charge < -0.3 is 9.84 Å². The van der Waals surface area contributed by atoms with Crippen LogP contribution in [0.2, 0.25) is 0 Å². The first-order valence-electron chi connectivity index (χ1n) is 4.72. The zero-order valence-electron chi connectivity index (χ0n) is 8.11. The van der Waals surface area contributed by atoms with Gasteiger partial charge in [0.1, 0.15) is 18.2 Å². The van der Waals surface area contributed by atoms with E-state index in [2.05, 4.69) is 0 Å². The number of hydrogen-bond acceptors (Lipinski definition) is 2. The fourth-order valence-electron chi connectivity index (χ4n) is 1.45. The van der Waals surface area contributed by atoms with Crippen LogP contribution < -0.4 is 4.74 Å². The zero-order valence-corrected chi connectivity index (χ0v) is 8.11. The second kappa shape index (κ2) is 4.28. The molecule has 0 aliphatic heterocycles. The highest BCUT2D eigenvalue weighted by atomic mass is 19.1. The van der Waals surface area contributed by atoms with E-state index in [0.29, 0.717) is 5.75 Å². The summed E-state index contributed by atoms with van der Waals surface area (Å²) < 4.78 is 18.1. The van der Waals surface area contributed by atoms with Gasteiger partial charge in [0.25, 0.3) is 0 Å². The molecule has 2 aromatic carbocycles. The zero-order chi connectivity index (χ0) is 10.7. The van der Waals surface area contributed by atoms with E-state index in [-0.39, 0.29) is 19.0 Å². The number of fused-ring (bicyclic) bond motifs is 1. The second-order valence-electron chi connectivity index (χ2n) is 3.23. The normalized spacial score (nSPS) is 10.5. The highest BCUT2D eigenvalue weighted by molar-refractivity contribution is 5.83. The third-order valence-corrected chi connectivity index (χ3v) is 2.13. The van der Waals surface area contributed by atoms with E-state index in [4.69, 9.17) is 9.84 Å². The van der Waals surface area contributed by atoms with Gasteiger partial charge >= 0.3 is 0 Å². The molecule has 1 N–H and O–H groups in total. The molecule has 0 aromatic heterocycles. The summed E-state index contributed by atoms with van der Waals surface area (Å²) in [5.74, 6) is 0.440. The number of aliphatic hydroxyl groups excluding tert-OH is 1. The van der Waals surface area contributed by atoms with Crippen LogP contribution >= 0.6 is 0 Å². The molecule has 0 saturated heterocycles. The van der Waals surface area contributed by atoms with Gasteiger partial charge in [0.15, 0.2) is 0 Å². The summed E-state index contributed by atoms with van der Waals surface area (Å²) in [6.45, 7) is 0.258. The summed E-state index contributed by atoms with van der Waals surface area (Å²) in [5, 5.41) is 10.4. The molecule has 0 atom stereocenters. The van der Waals surface area contributed by atoms with E-state index < -0.39 is 0 Å². The Labute approximate surface area is 86.9 Å².